The van der Waals surface area contributed by atoms with Gasteiger partial charge in [-0.25, -0.2) is 4.98 Å². The number of thioether (sulfide) groups is 1. The molecule has 1 rings (SSSR count). The number of aromatic nitrogens is 3. The summed E-state index contributed by atoms with van der Waals surface area (Å²) in [6, 6.07) is 0. The van der Waals surface area contributed by atoms with Gasteiger partial charge in [0.2, 0.25) is 5.16 Å². The molecule has 6 heteroatoms. The number of H-pyrrole nitrogens is 1. The van der Waals surface area contributed by atoms with Crippen LogP contribution < -0.4 is 0 Å². The molecule has 5 nitrogen and oxygen atoms in total. The zero-order valence-electron chi connectivity index (χ0n) is 8.86. The zero-order chi connectivity index (χ0) is 11.3. The van der Waals surface area contributed by atoms with Crippen molar-refractivity contribution in [3.8, 4) is 0 Å². The van der Waals surface area contributed by atoms with Crippen molar-refractivity contribution in [2.45, 2.75) is 43.5 Å². The summed E-state index contributed by atoms with van der Waals surface area (Å²) in [7, 11) is 0. The van der Waals surface area contributed by atoms with E-state index in [0.717, 1.165) is 18.7 Å². The molecule has 0 aliphatic rings. The summed E-state index contributed by atoms with van der Waals surface area (Å²) < 4.78 is 0. The van der Waals surface area contributed by atoms with Gasteiger partial charge < -0.3 is 5.11 Å². The second-order valence-electron chi connectivity index (χ2n) is 3.17. The second-order valence-corrected chi connectivity index (χ2v) is 4.34. The minimum Gasteiger partial charge on any atom is -0.480 e. The van der Waals surface area contributed by atoms with Gasteiger partial charge in [0.15, 0.2) is 0 Å². The average Bonchev–Trinajstić information content (AvgIpc) is 2.62. The van der Waals surface area contributed by atoms with Crippen LogP contribution in [0.4, 0.5) is 0 Å². The highest BCUT2D eigenvalue weighted by Crippen LogP contribution is 2.21. The number of nitrogens with one attached hydrogen (secondary N) is 1. The number of hydrogen-bond donors (Lipinski definition) is 2. The van der Waals surface area contributed by atoms with E-state index in [0.29, 0.717) is 11.6 Å². The third-order valence-corrected chi connectivity index (χ3v) is 3.10. The van der Waals surface area contributed by atoms with E-state index in [4.69, 9.17) is 5.11 Å². The summed E-state index contributed by atoms with van der Waals surface area (Å²) >= 11 is 1.19. The molecule has 0 saturated heterocycles. The highest BCUT2D eigenvalue weighted by atomic mass is 32.2. The monoisotopic (exact) mass is 229 g/mol. The number of carboxylic acid groups (broad SMARTS) is 1. The van der Waals surface area contributed by atoms with E-state index in [-0.39, 0.29) is 0 Å². The Morgan fingerprint density at radius 1 is 1.60 bits per heavy atom. The minimum atomic E-state index is -0.815. The van der Waals surface area contributed by atoms with Gasteiger partial charge in [-0.1, -0.05) is 25.6 Å². The quantitative estimate of drug-likeness (QED) is 0.726. The molecule has 84 valence electrons. The third kappa shape index (κ3) is 3.54. The van der Waals surface area contributed by atoms with Crippen LogP contribution in [0.5, 0.6) is 0 Å². The molecule has 1 aromatic heterocycles. The minimum absolute atomic E-state index is 0.463. The molecule has 0 aromatic carbocycles. The van der Waals surface area contributed by atoms with E-state index >= 15 is 0 Å². The highest BCUT2D eigenvalue weighted by Gasteiger charge is 2.18. The maximum Gasteiger partial charge on any atom is 0.317 e. The average molecular weight is 229 g/mol. The van der Waals surface area contributed by atoms with Crippen LogP contribution in [-0.4, -0.2) is 31.5 Å². The zero-order valence-corrected chi connectivity index (χ0v) is 9.67. The number of aromatic amines is 1. The predicted molar refractivity (Wildman–Crippen MR) is 57.9 cm³/mol. The van der Waals surface area contributed by atoms with E-state index in [1.807, 2.05) is 6.92 Å². The molecular formula is C9H15N3O2S. The number of carbonyl (C=O) groups is 1. The van der Waals surface area contributed by atoms with E-state index in [1.165, 1.54) is 11.8 Å². The van der Waals surface area contributed by atoms with Crippen LogP contribution >= 0.6 is 11.8 Å². The second kappa shape index (κ2) is 5.75. The summed E-state index contributed by atoms with van der Waals surface area (Å²) in [5.41, 5.74) is 0. The van der Waals surface area contributed by atoms with Gasteiger partial charge in [0.05, 0.1) is 0 Å². The number of rotatable bonds is 6. The number of carboxylic acids is 1. The number of nitrogens with zero attached hydrogens (tertiary/aromatic N) is 2. The lowest BCUT2D eigenvalue weighted by molar-refractivity contribution is -0.136. The van der Waals surface area contributed by atoms with Gasteiger partial charge in [-0.3, -0.25) is 9.89 Å². The Morgan fingerprint density at radius 3 is 2.87 bits per heavy atom. The Hall–Kier alpha value is -1.04. The van der Waals surface area contributed by atoms with Crippen LogP contribution in [0.25, 0.3) is 0 Å². The topological polar surface area (TPSA) is 78.9 Å². The molecule has 0 radical (unpaired) electrons. The van der Waals surface area contributed by atoms with Crippen molar-refractivity contribution in [1.29, 1.82) is 0 Å². The molecule has 0 aliphatic heterocycles. The fourth-order valence-corrected chi connectivity index (χ4v) is 1.90. The maximum absolute atomic E-state index is 10.8. The number of aryl methyl sites for hydroxylation is 1. The standard InChI is InChI=1S/C9H15N3O2S/c1-3-5-7-10-9(12-11-7)15-6(4-2)8(13)14/h6H,3-5H2,1-2H3,(H,13,14)(H,10,11,12). The number of aliphatic carboxylic acids is 1. The molecule has 0 bridgehead atoms. The van der Waals surface area contributed by atoms with Crippen LogP contribution in [0.1, 0.15) is 32.5 Å². The van der Waals surface area contributed by atoms with E-state index in [1.54, 1.807) is 0 Å². The summed E-state index contributed by atoms with van der Waals surface area (Å²) in [6.07, 6.45) is 2.41. The molecule has 0 fully saturated rings. The van der Waals surface area contributed by atoms with E-state index < -0.39 is 11.2 Å². The molecule has 0 amide bonds. The Kier molecular flexibility index (Phi) is 4.61. The molecule has 2 N–H and O–H groups in total. The third-order valence-electron chi connectivity index (χ3n) is 1.89. The van der Waals surface area contributed by atoms with Crippen molar-refractivity contribution >= 4 is 17.7 Å². The largest absolute Gasteiger partial charge is 0.480 e. The van der Waals surface area contributed by atoms with Crippen LogP contribution in [0, 0.1) is 0 Å². The summed E-state index contributed by atoms with van der Waals surface area (Å²) in [4.78, 5) is 15.0. The van der Waals surface area contributed by atoms with Gasteiger partial charge in [-0.05, 0) is 12.8 Å². The summed E-state index contributed by atoms with van der Waals surface area (Å²) in [6.45, 7) is 3.90. The lowest BCUT2D eigenvalue weighted by Gasteiger charge is -2.04. The van der Waals surface area contributed by atoms with E-state index in [2.05, 4.69) is 22.1 Å². The Bertz CT molecular complexity index is 327. The van der Waals surface area contributed by atoms with E-state index in [9.17, 15) is 4.79 Å². The van der Waals surface area contributed by atoms with Gasteiger partial charge in [-0.2, -0.15) is 0 Å². The summed E-state index contributed by atoms with van der Waals surface area (Å²) in [5, 5.41) is 15.7. The Balaban J connectivity index is 2.59. The van der Waals surface area contributed by atoms with Gasteiger partial charge in [0.1, 0.15) is 11.1 Å². The van der Waals surface area contributed by atoms with Crippen LogP contribution in [0.3, 0.4) is 0 Å². The first-order valence-electron chi connectivity index (χ1n) is 4.98. The van der Waals surface area contributed by atoms with Crippen molar-refractivity contribution < 1.29 is 9.90 Å². The molecule has 15 heavy (non-hydrogen) atoms. The van der Waals surface area contributed by atoms with Crippen LogP contribution in [0.15, 0.2) is 5.16 Å². The Labute approximate surface area is 92.7 Å². The van der Waals surface area contributed by atoms with Crippen molar-refractivity contribution in [3.05, 3.63) is 5.82 Å². The molecule has 0 saturated carbocycles. The van der Waals surface area contributed by atoms with Crippen LogP contribution in [0.2, 0.25) is 0 Å². The summed E-state index contributed by atoms with van der Waals surface area (Å²) in [5.74, 6) is 0.00424. The normalized spacial score (nSPS) is 12.7. The maximum atomic E-state index is 10.8. The van der Waals surface area contributed by atoms with Gasteiger partial charge in [0, 0.05) is 6.42 Å². The smallest absolute Gasteiger partial charge is 0.317 e. The lowest BCUT2D eigenvalue weighted by atomic mass is 10.3. The number of hydrogen-bond acceptors (Lipinski definition) is 4. The molecule has 0 aliphatic carbocycles. The fourth-order valence-electron chi connectivity index (χ4n) is 1.11. The molecular weight excluding hydrogens is 214 g/mol. The van der Waals surface area contributed by atoms with Crippen molar-refractivity contribution in [1.82, 2.24) is 15.2 Å². The Morgan fingerprint density at radius 2 is 2.33 bits per heavy atom. The van der Waals surface area contributed by atoms with Crippen molar-refractivity contribution in [2.75, 3.05) is 0 Å². The van der Waals surface area contributed by atoms with Crippen LogP contribution in [-0.2, 0) is 11.2 Å². The fraction of sp³-hybridized carbons (Fsp3) is 0.667. The SMILES string of the molecule is CCCc1nc(SC(CC)C(=O)O)n[nH]1. The predicted octanol–water partition coefficient (Wildman–Crippen LogP) is 1.71. The first-order chi connectivity index (χ1) is 7.17. The molecule has 0 spiro atoms. The first kappa shape index (κ1) is 12.0. The molecule has 1 unspecified atom stereocenters. The lowest BCUT2D eigenvalue weighted by Crippen LogP contribution is -2.14. The first-order valence-corrected chi connectivity index (χ1v) is 5.86. The van der Waals surface area contributed by atoms with Gasteiger partial charge >= 0.3 is 5.97 Å². The van der Waals surface area contributed by atoms with Crippen molar-refractivity contribution in [3.63, 3.8) is 0 Å². The van der Waals surface area contributed by atoms with Gasteiger partial charge in [0.25, 0.3) is 0 Å². The highest BCUT2D eigenvalue weighted by molar-refractivity contribution is 8.00. The molecule has 1 aromatic rings. The van der Waals surface area contributed by atoms with Crippen molar-refractivity contribution in [2.24, 2.45) is 0 Å². The molecule has 1 heterocycles. The van der Waals surface area contributed by atoms with Gasteiger partial charge in [-0.15, -0.1) is 5.10 Å². The molecule has 1 atom stereocenters.